The summed E-state index contributed by atoms with van der Waals surface area (Å²) in [5.41, 5.74) is -3.45. The van der Waals surface area contributed by atoms with Gasteiger partial charge in [-0.2, -0.15) is 0 Å². The molecule has 0 radical (unpaired) electrons. The normalized spacial score (nSPS) is 41.2. The van der Waals surface area contributed by atoms with Gasteiger partial charge in [-0.25, -0.2) is 4.79 Å². The lowest BCUT2D eigenvalue weighted by Crippen LogP contribution is -2.72. The molecular formula is C20H32O6. The van der Waals surface area contributed by atoms with E-state index in [2.05, 4.69) is 0 Å². The number of carbonyl (C=O) groups excluding carboxylic acids is 2. The van der Waals surface area contributed by atoms with Crippen LogP contribution in [0.1, 0.15) is 72.6 Å². The van der Waals surface area contributed by atoms with E-state index in [4.69, 9.17) is 9.47 Å². The van der Waals surface area contributed by atoms with Gasteiger partial charge in [0.2, 0.25) is 0 Å². The molecule has 4 saturated carbocycles. The minimum absolute atomic E-state index is 0.157. The Kier molecular flexibility index (Phi) is 4.67. The molecule has 0 aromatic heterocycles. The molecule has 148 valence electrons. The van der Waals surface area contributed by atoms with Gasteiger partial charge in [-0.05, 0) is 51.9 Å². The Morgan fingerprint density at radius 1 is 1.12 bits per heavy atom. The summed E-state index contributed by atoms with van der Waals surface area (Å²) in [6.45, 7) is 6.99. The molecule has 0 spiro atoms. The first-order chi connectivity index (χ1) is 12.0. The van der Waals surface area contributed by atoms with E-state index in [1.54, 1.807) is 13.8 Å². The zero-order valence-corrected chi connectivity index (χ0v) is 16.3. The van der Waals surface area contributed by atoms with E-state index < -0.39 is 40.8 Å². The Morgan fingerprint density at radius 2 is 1.81 bits per heavy atom. The van der Waals surface area contributed by atoms with E-state index in [0.717, 1.165) is 0 Å². The molecule has 0 aliphatic heterocycles. The molecular weight excluding hydrogens is 336 g/mol. The molecule has 5 atom stereocenters. The lowest BCUT2D eigenvalue weighted by molar-refractivity contribution is -0.295. The van der Waals surface area contributed by atoms with E-state index >= 15 is 0 Å². The molecule has 0 aromatic rings. The third-order valence-corrected chi connectivity index (χ3v) is 6.98. The van der Waals surface area contributed by atoms with Crippen LogP contribution in [0.4, 0.5) is 0 Å². The van der Waals surface area contributed by atoms with Gasteiger partial charge in [0.15, 0.2) is 6.61 Å². The number of hydrogen-bond acceptors (Lipinski definition) is 6. The van der Waals surface area contributed by atoms with Crippen LogP contribution in [0.2, 0.25) is 0 Å². The van der Waals surface area contributed by atoms with Crippen molar-refractivity contribution in [3.63, 3.8) is 0 Å². The molecule has 4 aliphatic carbocycles. The van der Waals surface area contributed by atoms with Gasteiger partial charge in [0, 0.05) is 18.8 Å². The summed E-state index contributed by atoms with van der Waals surface area (Å²) in [6.07, 6.45) is 3.99. The Bertz CT molecular complexity index is 601. The fourth-order valence-electron chi connectivity index (χ4n) is 5.86. The summed E-state index contributed by atoms with van der Waals surface area (Å²) in [5.74, 6) is -1.06. The number of aliphatic hydroxyl groups is 2. The fraction of sp³-hybridized carbons (Fsp3) is 0.900. The second kappa shape index (κ2) is 6.20. The summed E-state index contributed by atoms with van der Waals surface area (Å²) in [7, 11) is 0. The minimum atomic E-state index is -0.982. The molecule has 0 saturated heterocycles. The van der Waals surface area contributed by atoms with E-state index in [0.29, 0.717) is 44.9 Å². The van der Waals surface area contributed by atoms with E-state index in [1.165, 1.54) is 0 Å². The molecule has 0 aromatic carbocycles. The summed E-state index contributed by atoms with van der Waals surface area (Å²) in [5, 5.41) is 22.0. The van der Waals surface area contributed by atoms with Crippen LogP contribution in [-0.4, -0.2) is 45.6 Å². The van der Waals surface area contributed by atoms with E-state index in [-0.39, 0.29) is 11.8 Å². The molecule has 4 aliphatic rings. The van der Waals surface area contributed by atoms with Gasteiger partial charge in [0.05, 0.1) is 16.6 Å². The highest BCUT2D eigenvalue weighted by Crippen LogP contribution is 2.63. The predicted molar refractivity (Wildman–Crippen MR) is 94.1 cm³/mol. The van der Waals surface area contributed by atoms with Gasteiger partial charge in [0.1, 0.15) is 5.60 Å². The second-order valence-corrected chi connectivity index (χ2v) is 9.47. The lowest BCUT2D eigenvalue weighted by atomic mass is 9.45. The first-order valence-corrected chi connectivity index (χ1v) is 9.81. The van der Waals surface area contributed by atoms with Crippen molar-refractivity contribution in [2.24, 2.45) is 17.3 Å². The third-order valence-electron chi connectivity index (χ3n) is 6.98. The predicted octanol–water partition coefficient (Wildman–Crippen LogP) is 2.34. The van der Waals surface area contributed by atoms with Crippen LogP contribution in [0.5, 0.6) is 0 Å². The Balaban J connectivity index is 1.71. The molecule has 0 heterocycles. The largest absolute Gasteiger partial charge is 0.456 e. The van der Waals surface area contributed by atoms with Gasteiger partial charge in [-0.1, -0.05) is 13.8 Å². The van der Waals surface area contributed by atoms with Gasteiger partial charge >= 0.3 is 11.9 Å². The van der Waals surface area contributed by atoms with Crippen molar-refractivity contribution in [1.82, 2.24) is 0 Å². The van der Waals surface area contributed by atoms with Crippen LogP contribution < -0.4 is 0 Å². The number of hydrogen-bond donors (Lipinski definition) is 2. The van der Waals surface area contributed by atoms with Crippen LogP contribution >= 0.6 is 0 Å². The number of carbonyl (C=O) groups is 2. The van der Waals surface area contributed by atoms with E-state index in [1.807, 2.05) is 13.8 Å². The highest BCUT2D eigenvalue weighted by Gasteiger charge is 2.69. The smallest absolute Gasteiger partial charge is 0.344 e. The Labute approximate surface area is 155 Å². The maximum atomic E-state index is 12.5. The van der Waals surface area contributed by atoms with Gasteiger partial charge < -0.3 is 19.7 Å². The highest BCUT2D eigenvalue weighted by molar-refractivity contribution is 5.80. The highest BCUT2D eigenvalue weighted by atomic mass is 16.6. The standard InChI is InChI=1S/C20H32O6/c1-5-14-19(24)8-13-7-18(23,11-19)12-20(14,9-13)26-15(21)10-25-16(22)17(3,4)6-2/h13-14,23-24H,5-12H2,1-4H3. The topological polar surface area (TPSA) is 93.1 Å². The van der Waals surface area contributed by atoms with Gasteiger partial charge in [0.25, 0.3) is 0 Å². The molecule has 5 unspecified atom stereocenters. The summed E-state index contributed by atoms with van der Waals surface area (Å²) in [6, 6.07) is 0. The van der Waals surface area contributed by atoms with Crippen molar-refractivity contribution in [3.05, 3.63) is 0 Å². The zero-order valence-electron chi connectivity index (χ0n) is 16.3. The summed E-state index contributed by atoms with van der Waals surface area (Å²) < 4.78 is 11.0. The number of ether oxygens (including phenoxy) is 2. The monoisotopic (exact) mass is 368 g/mol. The molecule has 26 heavy (non-hydrogen) atoms. The van der Waals surface area contributed by atoms with Crippen molar-refractivity contribution in [2.45, 2.75) is 89.4 Å². The molecule has 4 rings (SSSR count). The van der Waals surface area contributed by atoms with Gasteiger partial charge in [-0.3, -0.25) is 4.79 Å². The van der Waals surface area contributed by atoms with Crippen LogP contribution in [0.25, 0.3) is 0 Å². The maximum Gasteiger partial charge on any atom is 0.344 e. The van der Waals surface area contributed by atoms with Crippen LogP contribution in [0, 0.1) is 17.3 Å². The molecule has 4 fully saturated rings. The lowest BCUT2D eigenvalue weighted by Gasteiger charge is -2.66. The van der Waals surface area contributed by atoms with Gasteiger partial charge in [-0.15, -0.1) is 0 Å². The minimum Gasteiger partial charge on any atom is -0.456 e. The summed E-state index contributed by atoms with van der Waals surface area (Å²) >= 11 is 0. The van der Waals surface area contributed by atoms with Crippen LogP contribution in [-0.2, 0) is 19.1 Å². The quantitative estimate of drug-likeness (QED) is 0.699. The molecule has 4 bridgehead atoms. The average Bonchev–Trinajstić information content (AvgIpc) is 2.49. The second-order valence-electron chi connectivity index (χ2n) is 9.47. The van der Waals surface area contributed by atoms with Crippen LogP contribution in [0.3, 0.4) is 0 Å². The number of esters is 2. The molecule has 0 amide bonds. The Morgan fingerprint density at radius 3 is 2.38 bits per heavy atom. The van der Waals surface area contributed by atoms with Crippen molar-refractivity contribution in [2.75, 3.05) is 6.61 Å². The number of rotatable bonds is 6. The zero-order chi connectivity index (χ0) is 19.4. The van der Waals surface area contributed by atoms with Crippen molar-refractivity contribution >= 4 is 11.9 Å². The average molecular weight is 368 g/mol. The Hall–Kier alpha value is -1.14. The first-order valence-electron chi connectivity index (χ1n) is 9.81. The van der Waals surface area contributed by atoms with Crippen molar-refractivity contribution in [3.8, 4) is 0 Å². The SMILES string of the molecule is CCC1C2(O)CC3CC(O)(C2)CC1(OC(=O)COC(=O)C(C)(C)CC)C3. The van der Waals surface area contributed by atoms with Crippen molar-refractivity contribution < 1.29 is 29.3 Å². The van der Waals surface area contributed by atoms with Crippen LogP contribution in [0.15, 0.2) is 0 Å². The van der Waals surface area contributed by atoms with E-state index in [9.17, 15) is 19.8 Å². The maximum absolute atomic E-state index is 12.5. The summed E-state index contributed by atoms with van der Waals surface area (Å²) in [4.78, 5) is 24.5. The molecule has 2 N–H and O–H groups in total. The van der Waals surface area contributed by atoms with Crippen molar-refractivity contribution in [1.29, 1.82) is 0 Å². The third kappa shape index (κ3) is 3.15. The fourth-order valence-corrected chi connectivity index (χ4v) is 5.86. The first kappa shape index (κ1) is 19.6. The molecule has 6 heteroatoms. The molecule has 6 nitrogen and oxygen atoms in total.